The fourth-order valence-electron chi connectivity index (χ4n) is 5.95. The first-order valence-electron chi connectivity index (χ1n) is 12.6. The summed E-state index contributed by atoms with van der Waals surface area (Å²) in [6.07, 6.45) is -1.16. The average Bonchev–Trinajstić information content (AvgIpc) is 3.40. The van der Waals surface area contributed by atoms with E-state index in [1.807, 2.05) is 18.2 Å². The third kappa shape index (κ3) is 3.98. The van der Waals surface area contributed by atoms with Crippen molar-refractivity contribution < 1.29 is 32.3 Å². The van der Waals surface area contributed by atoms with Crippen LogP contribution in [0.25, 0.3) is 6.08 Å². The van der Waals surface area contributed by atoms with Gasteiger partial charge in [-0.25, -0.2) is 4.90 Å². The number of alkyl halides is 3. The normalized spacial score (nSPS) is 23.1. The fraction of sp³-hybridized carbons (Fsp3) is 0.200. The van der Waals surface area contributed by atoms with Crippen LogP contribution in [0.15, 0.2) is 79.0 Å². The topological polar surface area (TPSA) is 86.8 Å². The molecule has 0 radical (unpaired) electrons. The summed E-state index contributed by atoms with van der Waals surface area (Å²) in [5.74, 6) is -3.95. The number of Topliss-reactive ketones (excluding diaryl/α,β-unsaturated/α-hetero) is 1. The number of amides is 3. The van der Waals surface area contributed by atoms with Crippen LogP contribution in [0.4, 0.5) is 24.5 Å². The summed E-state index contributed by atoms with van der Waals surface area (Å²) < 4.78 is 39.8. The number of hydrogen-bond acceptors (Lipinski definition) is 5. The zero-order chi connectivity index (χ0) is 28.3. The summed E-state index contributed by atoms with van der Waals surface area (Å²) >= 11 is 0. The van der Waals surface area contributed by atoms with E-state index in [9.17, 15) is 32.3 Å². The van der Waals surface area contributed by atoms with E-state index in [1.54, 1.807) is 23.2 Å². The molecule has 0 aromatic heterocycles. The molecular weight excluding hydrogens is 523 g/mol. The summed E-state index contributed by atoms with van der Waals surface area (Å²) in [7, 11) is 0. The molecule has 1 N–H and O–H groups in total. The van der Waals surface area contributed by atoms with E-state index in [-0.39, 0.29) is 17.2 Å². The number of hydrogen-bond donors (Lipinski definition) is 1. The number of imide groups is 1. The van der Waals surface area contributed by atoms with E-state index in [0.717, 1.165) is 28.2 Å². The molecule has 0 spiro atoms. The van der Waals surface area contributed by atoms with Gasteiger partial charge in [-0.2, -0.15) is 13.2 Å². The van der Waals surface area contributed by atoms with Crippen molar-refractivity contribution in [3.63, 3.8) is 0 Å². The predicted molar refractivity (Wildman–Crippen MR) is 140 cm³/mol. The molecule has 40 heavy (non-hydrogen) atoms. The van der Waals surface area contributed by atoms with Gasteiger partial charge >= 0.3 is 6.18 Å². The molecular formula is C30H22F3N3O4. The number of ketones is 1. The molecule has 0 bridgehead atoms. The lowest BCUT2D eigenvalue weighted by Gasteiger charge is -2.35. The number of rotatable bonds is 4. The summed E-state index contributed by atoms with van der Waals surface area (Å²) in [6.45, 7) is 1.40. The molecule has 3 aliphatic rings. The van der Waals surface area contributed by atoms with Gasteiger partial charge in [-0.1, -0.05) is 30.3 Å². The van der Waals surface area contributed by atoms with Crippen LogP contribution in [0.3, 0.4) is 0 Å². The van der Waals surface area contributed by atoms with E-state index in [0.29, 0.717) is 5.56 Å². The highest BCUT2D eigenvalue weighted by Gasteiger charge is 2.64. The van der Waals surface area contributed by atoms with Crippen LogP contribution in [0.2, 0.25) is 0 Å². The molecule has 0 saturated carbocycles. The van der Waals surface area contributed by atoms with Crippen molar-refractivity contribution in [3.05, 3.63) is 101 Å². The fourth-order valence-corrected chi connectivity index (χ4v) is 5.95. The molecule has 3 aromatic rings. The third-order valence-electron chi connectivity index (χ3n) is 7.72. The number of benzene rings is 3. The smallest absolute Gasteiger partial charge is 0.357 e. The number of halogens is 3. The number of anilines is 2. The van der Waals surface area contributed by atoms with E-state index < -0.39 is 53.4 Å². The second-order valence-electron chi connectivity index (χ2n) is 10.0. The Morgan fingerprint density at radius 1 is 0.875 bits per heavy atom. The molecule has 2 saturated heterocycles. The summed E-state index contributed by atoms with van der Waals surface area (Å²) in [6, 6.07) is 15.9. The molecule has 3 aliphatic heterocycles. The van der Waals surface area contributed by atoms with Crippen LogP contribution in [0, 0.1) is 11.8 Å². The first kappa shape index (κ1) is 25.5. The molecule has 0 aliphatic carbocycles. The van der Waals surface area contributed by atoms with Crippen molar-refractivity contribution in [3.8, 4) is 0 Å². The van der Waals surface area contributed by atoms with Gasteiger partial charge in [0.15, 0.2) is 5.78 Å². The Labute approximate surface area is 226 Å². The van der Waals surface area contributed by atoms with Crippen molar-refractivity contribution in [2.75, 3.05) is 10.2 Å². The Hall–Kier alpha value is -4.73. The minimum Gasteiger partial charge on any atom is -0.357 e. The first-order valence-corrected chi connectivity index (χ1v) is 12.6. The van der Waals surface area contributed by atoms with Crippen molar-refractivity contribution in [2.24, 2.45) is 11.8 Å². The van der Waals surface area contributed by atoms with Crippen molar-refractivity contribution in [2.45, 2.75) is 25.2 Å². The maximum atomic E-state index is 13.9. The van der Waals surface area contributed by atoms with E-state index in [1.165, 1.54) is 43.3 Å². The van der Waals surface area contributed by atoms with E-state index >= 15 is 0 Å². The van der Waals surface area contributed by atoms with E-state index in [2.05, 4.69) is 5.32 Å². The molecule has 3 heterocycles. The standard InChI is InChI=1S/C30H22F3N3O4/c1-16(37)17-9-11-21(12-10-17)36-28(39)23-24(29(36)40)26(35-14-13-18-5-2-3-8-22(18)25(23)35)27(38)34-20-7-4-6-19(15-20)30(31,32)33/h2-15,23-26H,1H3,(H,34,38). The zero-order valence-corrected chi connectivity index (χ0v) is 21.1. The van der Waals surface area contributed by atoms with Gasteiger partial charge in [0, 0.05) is 17.5 Å². The first-order chi connectivity index (χ1) is 19.1. The number of nitrogens with zero attached hydrogens (tertiary/aromatic N) is 2. The molecule has 4 atom stereocenters. The highest BCUT2D eigenvalue weighted by Crippen LogP contribution is 2.53. The lowest BCUT2D eigenvalue weighted by atomic mass is 9.84. The van der Waals surface area contributed by atoms with Crippen LogP contribution in [-0.2, 0) is 20.6 Å². The van der Waals surface area contributed by atoms with E-state index in [4.69, 9.17) is 0 Å². The summed E-state index contributed by atoms with van der Waals surface area (Å²) in [5, 5.41) is 2.54. The van der Waals surface area contributed by atoms with Gasteiger partial charge in [-0.3, -0.25) is 19.2 Å². The zero-order valence-electron chi connectivity index (χ0n) is 21.1. The molecule has 6 rings (SSSR count). The number of carbonyl (C=O) groups excluding carboxylic acids is 4. The average molecular weight is 546 g/mol. The monoisotopic (exact) mass is 545 g/mol. The molecule has 10 heteroatoms. The van der Waals surface area contributed by atoms with Gasteiger partial charge in [-0.05, 0) is 66.6 Å². The minimum absolute atomic E-state index is 0.0744. The Balaban J connectivity index is 1.40. The van der Waals surface area contributed by atoms with Gasteiger partial charge in [0.2, 0.25) is 17.7 Å². The highest BCUT2D eigenvalue weighted by atomic mass is 19.4. The molecule has 3 amide bonds. The Kier molecular flexibility index (Phi) is 5.86. The van der Waals surface area contributed by atoms with Crippen LogP contribution in [0.5, 0.6) is 0 Å². The quantitative estimate of drug-likeness (QED) is 0.366. The van der Waals surface area contributed by atoms with Crippen molar-refractivity contribution >= 4 is 41.0 Å². The maximum absolute atomic E-state index is 13.9. The highest BCUT2D eigenvalue weighted by molar-refractivity contribution is 6.24. The maximum Gasteiger partial charge on any atom is 0.416 e. The van der Waals surface area contributed by atoms with Crippen LogP contribution in [0.1, 0.15) is 40.0 Å². The lowest BCUT2D eigenvalue weighted by Crippen LogP contribution is -2.46. The Morgan fingerprint density at radius 2 is 1.57 bits per heavy atom. The molecule has 2 fully saturated rings. The van der Waals surface area contributed by atoms with Crippen LogP contribution in [-0.4, -0.2) is 34.4 Å². The van der Waals surface area contributed by atoms with Gasteiger partial charge in [-0.15, -0.1) is 0 Å². The molecule has 202 valence electrons. The molecule has 3 aromatic carbocycles. The SMILES string of the molecule is CC(=O)c1ccc(N2C(=O)C3C(C2=O)C2c4ccccc4C=CN2C3C(=O)Nc2cccc(C(F)(F)F)c2)cc1. The van der Waals surface area contributed by atoms with Gasteiger partial charge in [0.05, 0.1) is 29.1 Å². The summed E-state index contributed by atoms with van der Waals surface area (Å²) in [4.78, 5) is 55.9. The Morgan fingerprint density at radius 3 is 2.27 bits per heavy atom. The largest absolute Gasteiger partial charge is 0.416 e. The number of carbonyl (C=O) groups is 4. The molecule has 7 nitrogen and oxygen atoms in total. The Bertz CT molecular complexity index is 1600. The number of nitrogens with one attached hydrogen (secondary N) is 1. The number of fused-ring (bicyclic) bond motifs is 5. The van der Waals surface area contributed by atoms with Crippen molar-refractivity contribution in [1.82, 2.24) is 4.90 Å². The van der Waals surface area contributed by atoms with Gasteiger partial charge in [0.1, 0.15) is 6.04 Å². The van der Waals surface area contributed by atoms with Crippen LogP contribution < -0.4 is 10.2 Å². The van der Waals surface area contributed by atoms with Crippen LogP contribution >= 0.6 is 0 Å². The minimum atomic E-state index is -4.60. The second-order valence-corrected chi connectivity index (χ2v) is 10.0. The van der Waals surface area contributed by atoms with Crippen molar-refractivity contribution in [1.29, 1.82) is 0 Å². The van der Waals surface area contributed by atoms with Gasteiger partial charge in [0.25, 0.3) is 0 Å². The second kappa shape index (κ2) is 9.18. The predicted octanol–water partition coefficient (Wildman–Crippen LogP) is 5.06. The van der Waals surface area contributed by atoms with Gasteiger partial charge < -0.3 is 10.2 Å². The lowest BCUT2D eigenvalue weighted by molar-refractivity contribution is -0.137. The third-order valence-corrected chi connectivity index (χ3v) is 7.72. The summed E-state index contributed by atoms with van der Waals surface area (Å²) in [5.41, 5.74) is 1.30. The molecule has 4 unspecified atom stereocenters.